The van der Waals surface area contributed by atoms with Gasteiger partial charge < -0.3 is 10.2 Å². The Morgan fingerprint density at radius 1 is 1.15 bits per heavy atom. The lowest BCUT2D eigenvalue weighted by molar-refractivity contribution is 0.169. The molecule has 1 saturated heterocycles. The van der Waals surface area contributed by atoms with Crippen LogP contribution in [0.15, 0.2) is 46.7 Å². The van der Waals surface area contributed by atoms with Gasteiger partial charge in [-0.2, -0.15) is 4.31 Å². The molecule has 9 heteroatoms. The second-order valence-corrected chi connectivity index (χ2v) is 9.39. The molecule has 0 radical (unpaired) electrons. The van der Waals surface area contributed by atoms with Gasteiger partial charge in [0, 0.05) is 36.1 Å². The zero-order valence-electron chi connectivity index (χ0n) is 14.3. The second-order valence-electron chi connectivity index (χ2n) is 6.03. The Morgan fingerprint density at radius 3 is 2.38 bits per heavy atom. The first-order valence-corrected chi connectivity index (χ1v) is 10.9. The molecule has 0 unspecified atom stereocenters. The number of nitrogens with zero attached hydrogens (tertiary/aromatic N) is 2. The van der Waals surface area contributed by atoms with Crippen LogP contribution in [0.1, 0.15) is 17.8 Å². The molecule has 1 atom stereocenters. The minimum Gasteiger partial charge on any atom is -0.331 e. The van der Waals surface area contributed by atoms with E-state index in [-0.39, 0.29) is 30.1 Å². The molecule has 6 nitrogen and oxygen atoms in total. The number of amides is 2. The number of piperazine rings is 1. The van der Waals surface area contributed by atoms with Crippen LogP contribution in [-0.2, 0) is 10.0 Å². The summed E-state index contributed by atoms with van der Waals surface area (Å²) in [7, 11) is -3.57. The summed E-state index contributed by atoms with van der Waals surface area (Å²) in [4.78, 5) is 15.4. The van der Waals surface area contributed by atoms with Gasteiger partial charge in [0.05, 0.1) is 10.9 Å². The van der Waals surface area contributed by atoms with Gasteiger partial charge >= 0.3 is 6.03 Å². The van der Waals surface area contributed by atoms with E-state index in [1.807, 2.05) is 24.4 Å². The number of benzene rings is 1. The van der Waals surface area contributed by atoms with E-state index in [0.29, 0.717) is 18.1 Å². The van der Waals surface area contributed by atoms with Crippen LogP contribution in [0.3, 0.4) is 0 Å². The molecule has 1 aromatic carbocycles. The highest BCUT2D eigenvalue weighted by molar-refractivity contribution is 7.89. The van der Waals surface area contributed by atoms with Gasteiger partial charge in [-0.1, -0.05) is 17.7 Å². The molecule has 1 N–H and O–H groups in total. The van der Waals surface area contributed by atoms with E-state index in [1.54, 1.807) is 28.4 Å². The number of nitrogens with one attached hydrogen (secondary N) is 1. The smallest absolute Gasteiger partial charge is 0.317 e. The molecule has 0 spiro atoms. The minimum atomic E-state index is -3.57. The van der Waals surface area contributed by atoms with Crippen molar-refractivity contribution in [2.24, 2.45) is 0 Å². The van der Waals surface area contributed by atoms with Crippen molar-refractivity contribution in [1.82, 2.24) is 14.5 Å². The number of carbonyl (C=O) groups excluding carboxylic acids is 1. The van der Waals surface area contributed by atoms with E-state index in [4.69, 9.17) is 11.6 Å². The van der Waals surface area contributed by atoms with Crippen LogP contribution >= 0.6 is 22.9 Å². The number of urea groups is 1. The molecular formula is C17H20ClN3O3S2. The molecule has 140 valence electrons. The van der Waals surface area contributed by atoms with Gasteiger partial charge in [-0.05, 0) is 42.6 Å². The van der Waals surface area contributed by atoms with Crippen molar-refractivity contribution in [2.45, 2.75) is 17.9 Å². The summed E-state index contributed by atoms with van der Waals surface area (Å²) >= 11 is 7.41. The van der Waals surface area contributed by atoms with Crippen LogP contribution in [0.2, 0.25) is 5.02 Å². The van der Waals surface area contributed by atoms with E-state index in [0.717, 1.165) is 4.88 Å². The number of rotatable bonds is 4. The Morgan fingerprint density at radius 2 is 1.81 bits per heavy atom. The number of thiophene rings is 1. The molecule has 1 aliphatic heterocycles. The summed E-state index contributed by atoms with van der Waals surface area (Å²) in [6.07, 6.45) is 0. The molecule has 2 heterocycles. The van der Waals surface area contributed by atoms with Gasteiger partial charge in [0.1, 0.15) is 0 Å². The molecule has 1 fully saturated rings. The molecule has 2 aromatic rings. The second kappa shape index (κ2) is 7.96. The third-order valence-corrected chi connectivity index (χ3v) is 7.51. The minimum absolute atomic E-state index is 0.0710. The highest BCUT2D eigenvalue weighted by Gasteiger charge is 2.30. The normalized spacial score (nSPS) is 17.1. The third kappa shape index (κ3) is 4.20. The Kier molecular flexibility index (Phi) is 5.86. The topological polar surface area (TPSA) is 69.7 Å². The first kappa shape index (κ1) is 19.2. The molecule has 1 aliphatic rings. The Labute approximate surface area is 162 Å². The van der Waals surface area contributed by atoms with Crippen molar-refractivity contribution in [3.05, 3.63) is 51.7 Å². The number of hydrogen-bond donors (Lipinski definition) is 1. The molecule has 0 aliphatic carbocycles. The van der Waals surface area contributed by atoms with Gasteiger partial charge in [0.15, 0.2) is 0 Å². The van der Waals surface area contributed by atoms with Gasteiger partial charge in [-0.15, -0.1) is 11.3 Å². The Bertz CT molecular complexity index is 846. The molecule has 1 aromatic heterocycles. The summed E-state index contributed by atoms with van der Waals surface area (Å²) in [6, 6.07) is 9.80. The molecule has 0 saturated carbocycles. The zero-order chi connectivity index (χ0) is 18.7. The van der Waals surface area contributed by atoms with Crippen LogP contribution in [0.5, 0.6) is 0 Å². The lowest BCUT2D eigenvalue weighted by atomic mass is 10.3. The zero-order valence-corrected chi connectivity index (χ0v) is 16.6. The molecule has 2 amide bonds. The predicted molar refractivity (Wildman–Crippen MR) is 103 cm³/mol. The van der Waals surface area contributed by atoms with E-state index in [9.17, 15) is 13.2 Å². The SMILES string of the molecule is C[C@H](NC(=O)N1CCN(S(=O)(=O)c2ccc(Cl)cc2)CC1)c1cccs1. The quantitative estimate of drug-likeness (QED) is 0.836. The number of halogens is 1. The fourth-order valence-electron chi connectivity index (χ4n) is 2.77. The lowest BCUT2D eigenvalue weighted by Gasteiger charge is -2.34. The fourth-order valence-corrected chi connectivity index (χ4v) is 5.06. The standard InChI is InChI=1S/C17H20ClN3O3S2/c1-13(16-3-2-12-25-16)19-17(22)20-8-10-21(11-9-20)26(23,24)15-6-4-14(18)5-7-15/h2-7,12-13H,8-11H2,1H3,(H,19,22)/t13-/m0/s1. The van der Waals surface area contributed by atoms with Crippen molar-refractivity contribution in [3.63, 3.8) is 0 Å². The van der Waals surface area contributed by atoms with E-state index >= 15 is 0 Å². The van der Waals surface area contributed by atoms with E-state index in [2.05, 4.69) is 5.32 Å². The maximum Gasteiger partial charge on any atom is 0.317 e. The van der Waals surface area contributed by atoms with Crippen LogP contribution in [0.25, 0.3) is 0 Å². The first-order valence-electron chi connectivity index (χ1n) is 8.22. The average Bonchev–Trinajstić information content (AvgIpc) is 3.17. The molecular weight excluding hydrogens is 394 g/mol. The molecule has 26 heavy (non-hydrogen) atoms. The highest BCUT2D eigenvalue weighted by atomic mass is 35.5. The van der Waals surface area contributed by atoms with Crippen molar-refractivity contribution < 1.29 is 13.2 Å². The maximum absolute atomic E-state index is 12.7. The Hall–Kier alpha value is -1.61. The van der Waals surface area contributed by atoms with Gasteiger partial charge in [-0.25, -0.2) is 13.2 Å². The van der Waals surface area contributed by atoms with E-state index in [1.165, 1.54) is 16.4 Å². The van der Waals surface area contributed by atoms with E-state index < -0.39 is 10.0 Å². The van der Waals surface area contributed by atoms with Crippen LogP contribution in [0.4, 0.5) is 4.79 Å². The van der Waals surface area contributed by atoms with Crippen molar-refractivity contribution in [3.8, 4) is 0 Å². The summed E-state index contributed by atoms with van der Waals surface area (Å²) in [6.45, 7) is 3.19. The summed E-state index contributed by atoms with van der Waals surface area (Å²) in [5, 5.41) is 5.42. The third-order valence-electron chi connectivity index (χ3n) is 4.29. The van der Waals surface area contributed by atoms with Gasteiger partial charge in [0.2, 0.25) is 10.0 Å². The van der Waals surface area contributed by atoms with Gasteiger partial charge in [0.25, 0.3) is 0 Å². The summed E-state index contributed by atoms with van der Waals surface area (Å²) < 4.78 is 26.8. The molecule has 0 bridgehead atoms. The maximum atomic E-state index is 12.7. The van der Waals surface area contributed by atoms with Crippen molar-refractivity contribution >= 4 is 39.0 Å². The van der Waals surface area contributed by atoms with Crippen LogP contribution < -0.4 is 5.32 Å². The monoisotopic (exact) mass is 413 g/mol. The largest absolute Gasteiger partial charge is 0.331 e. The average molecular weight is 414 g/mol. The van der Waals surface area contributed by atoms with Crippen LogP contribution in [0, 0.1) is 0 Å². The van der Waals surface area contributed by atoms with Crippen molar-refractivity contribution in [2.75, 3.05) is 26.2 Å². The molecule has 3 rings (SSSR count). The predicted octanol–water partition coefficient (Wildman–Crippen LogP) is 3.18. The van der Waals surface area contributed by atoms with Gasteiger partial charge in [-0.3, -0.25) is 0 Å². The lowest BCUT2D eigenvalue weighted by Crippen LogP contribution is -2.53. The summed E-state index contributed by atoms with van der Waals surface area (Å²) in [5.74, 6) is 0. The van der Waals surface area contributed by atoms with Crippen molar-refractivity contribution in [1.29, 1.82) is 0 Å². The number of hydrogen-bond acceptors (Lipinski definition) is 4. The van der Waals surface area contributed by atoms with Crippen LogP contribution in [-0.4, -0.2) is 49.8 Å². The summed E-state index contributed by atoms with van der Waals surface area (Å²) in [5.41, 5.74) is 0. The first-order chi connectivity index (χ1) is 12.4. The fraction of sp³-hybridized carbons (Fsp3) is 0.353. The number of carbonyl (C=O) groups is 1. The number of sulfonamides is 1. The highest BCUT2D eigenvalue weighted by Crippen LogP contribution is 2.21. The Balaban J connectivity index is 1.58.